The molecule has 0 heterocycles. The van der Waals surface area contributed by atoms with Crippen molar-refractivity contribution in [2.45, 2.75) is 0 Å². The molecule has 0 radical (unpaired) electrons. The summed E-state index contributed by atoms with van der Waals surface area (Å²) in [5, 5.41) is 22.3. The van der Waals surface area contributed by atoms with E-state index in [0.717, 1.165) is 0 Å². The van der Waals surface area contributed by atoms with Crippen LogP contribution in [0.1, 0.15) is 5.56 Å². The second kappa shape index (κ2) is 4.47. The normalized spacial score (nSPS) is 13.0. The largest absolute Gasteiger partial charge is 0.410 e. The van der Waals surface area contributed by atoms with Gasteiger partial charge >= 0.3 is 0 Å². The number of nitrogens with zero attached hydrogens (tertiary/aromatic N) is 2. The van der Waals surface area contributed by atoms with Crippen molar-refractivity contribution in [1.29, 1.82) is 0 Å². The van der Waals surface area contributed by atoms with Crippen LogP contribution in [0.25, 0.3) is 0 Å². The summed E-state index contributed by atoms with van der Waals surface area (Å²) in [4.78, 5) is 0. The van der Waals surface area contributed by atoms with Crippen molar-refractivity contribution < 1.29 is 10.4 Å². The van der Waals surface area contributed by atoms with E-state index in [4.69, 9.17) is 22.0 Å². The lowest BCUT2D eigenvalue weighted by Crippen LogP contribution is -2.09. The molecule has 5 heteroatoms. The third kappa shape index (κ3) is 2.19. The summed E-state index contributed by atoms with van der Waals surface area (Å²) in [6.45, 7) is 0. The number of benzene rings is 1. The lowest BCUT2D eigenvalue weighted by atomic mass is 10.1. The van der Waals surface area contributed by atoms with Gasteiger partial charge in [0.2, 0.25) is 0 Å². The molecule has 0 bridgehead atoms. The number of hydrogen-bond acceptors (Lipinski definition) is 4. The van der Waals surface area contributed by atoms with Crippen LogP contribution in [0.2, 0.25) is 0 Å². The predicted molar refractivity (Wildman–Crippen MR) is 49.8 cm³/mol. The predicted octanol–water partition coefficient (Wildman–Crippen LogP) is 1.89. The number of rotatable bonds is 2. The van der Waals surface area contributed by atoms with Gasteiger partial charge in [0.1, 0.15) is 0 Å². The highest BCUT2D eigenvalue weighted by Crippen LogP contribution is 2.04. The molecule has 68 valence electrons. The van der Waals surface area contributed by atoms with Crippen molar-refractivity contribution in [3.63, 3.8) is 0 Å². The first-order chi connectivity index (χ1) is 6.29. The molecular formula is C8H7ClN2O2. The molecule has 0 saturated heterocycles. The van der Waals surface area contributed by atoms with Crippen LogP contribution < -0.4 is 0 Å². The number of halogens is 1. The molecule has 0 fully saturated rings. The summed E-state index contributed by atoms with van der Waals surface area (Å²) in [7, 11) is 0. The van der Waals surface area contributed by atoms with E-state index in [9.17, 15) is 0 Å². The SMILES string of the molecule is O/N=C(Cl)\C(=N\O)c1ccccc1. The van der Waals surface area contributed by atoms with Crippen molar-refractivity contribution in [2.24, 2.45) is 10.3 Å². The Morgan fingerprint density at radius 2 is 1.69 bits per heavy atom. The van der Waals surface area contributed by atoms with Crippen LogP contribution in [0.4, 0.5) is 0 Å². The highest BCUT2D eigenvalue weighted by Gasteiger charge is 2.09. The molecule has 1 aromatic rings. The zero-order valence-electron chi connectivity index (χ0n) is 6.55. The number of oxime groups is 2. The van der Waals surface area contributed by atoms with Gasteiger partial charge in [0, 0.05) is 5.56 Å². The Hall–Kier alpha value is -1.55. The molecular weight excluding hydrogens is 192 g/mol. The van der Waals surface area contributed by atoms with Crippen LogP contribution in [-0.2, 0) is 0 Å². The third-order valence-electron chi connectivity index (χ3n) is 1.43. The molecule has 1 aromatic carbocycles. The molecule has 1 rings (SSSR count). The van der Waals surface area contributed by atoms with E-state index >= 15 is 0 Å². The highest BCUT2D eigenvalue weighted by molar-refractivity contribution is 6.85. The fraction of sp³-hybridized carbons (Fsp3) is 0. The van der Waals surface area contributed by atoms with Gasteiger partial charge in [0.05, 0.1) is 0 Å². The maximum absolute atomic E-state index is 8.59. The Morgan fingerprint density at radius 3 is 2.15 bits per heavy atom. The van der Waals surface area contributed by atoms with E-state index in [1.165, 1.54) is 0 Å². The molecule has 0 amide bonds. The Bertz CT molecular complexity index is 335. The van der Waals surface area contributed by atoms with Gasteiger partial charge in [-0.3, -0.25) is 0 Å². The van der Waals surface area contributed by atoms with E-state index in [1.807, 2.05) is 6.07 Å². The van der Waals surface area contributed by atoms with Crippen LogP contribution >= 0.6 is 11.6 Å². The van der Waals surface area contributed by atoms with E-state index in [1.54, 1.807) is 24.3 Å². The summed E-state index contributed by atoms with van der Waals surface area (Å²) in [5.41, 5.74) is 0.609. The van der Waals surface area contributed by atoms with E-state index in [2.05, 4.69) is 10.3 Å². The smallest absolute Gasteiger partial charge is 0.197 e. The van der Waals surface area contributed by atoms with Crippen molar-refractivity contribution in [2.75, 3.05) is 0 Å². The fourth-order valence-corrected chi connectivity index (χ4v) is 1.01. The molecule has 0 spiro atoms. The summed E-state index contributed by atoms with van der Waals surface area (Å²) in [5.74, 6) is 0. The molecule has 2 N–H and O–H groups in total. The minimum absolute atomic E-state index is 0.0322. The summed E-state index contributed by atoms with van der Waals surface area (Å²) in [6, 6.07) is 8.68. The topological polar surface area (TPSA) is 65.2 Å². The Kier molecular flexibility index (Phi) is 3.28. The monoisotopic (exact) mass is 198 g/mol. The van der Waals surface area contributed by atoms with Crippen LogP contribution in [0, 0.1) is 0 Å². The van der Waals surface area contributed by atoms with Gasteiger partial charge < -0.3 is 10.4 Å². The lowest BCUT2D eigenvalue weighted by molar-refractivity contribution is 0.315. The lowest BCUT2D eigenvalue weighted by Gasteiger charge is -1.99. The average Bonchev–Trinajstić information content (AvgIpc) is 2.20. The first-order valence-electron chi connectivity index (χ1n) is 3.45. The Morgan fingerprint density at radius 1 is 1.08 bits per heavy atom. The van der Waals surface area contributed by atoms with E-state index in [0.29, 0.717) is 5.56 Å². The van der Waals surface area contributed by atoms with E-state index < -0.39 is 0 Å². The molecule has 0 aromatic heterocycles. The van der Waals surface area contributed by atoms with Gasteiger partial charge in [-0.05, 0) is 0 Å². The van der Waals surface area contributed by atoms with Crippen molar-refractivity contribution in [3.8, 4) is 0 Å². The molecule has 0 saturated carbocycles. The van der Waals surface area contributed by atoms with Gasteiger partial charge in [-0.1, -0.05) is 52.2 Å². The van der Waals surface area contributed by atoms with Crippen molar-refractivity contribution >= 4 is 22.5 Å². The van der Waals surface area contributed by atoms with Gasteiger partial charge in [0.15, 0.2) is 10.9 Å². The third-order valence-corrected chi connectivity index (χ3v) is 1.69. The Labute approximate surface area is 79.8 Å². The number of hydrogen-bond donors (Lipinski definition) is 2. The highest BCUT2D eigenvalue weighted by atomic mass is 35.5. The van der Waals surface area contributed by atoms with Crippen molar-refractivity contribution in [1.82, 2.24) is 0 Å². The van der Waals surface area contributed by atoms with E-state index in [-0.39, 0.29) is 10.9 Å². The van der Waals surface area contributed by atoms with Crippen LogP contribution in [0.5, 0.6) is 0 Å². The fourth-order valence-electron chi connectivity index (χ4n) is 0.861. The van der Waals surface area contributed by atoms with Gasteiger partial charge in [-0.2, -0.15) is 0 Å². The zero-order chi connectivity index (χ0) is 9.68. The molecule has 0 unspecified atom stereocenters. The molecule has 0 aliphatic rings. The van der Waals surface area contributed by atoms with Gasteiger partial charge in [-0.15, -0.1) is 0 Å². The van der Waals surface area contributed by atoms with Gasteiger partial charge in [-0.25, -0.2) is 0 Å². The second-order valence-electron chi connectivity index (χ2n) is 2.21. The maximum Gasteiger partial charge on any atom is 0.197 e. The molecule has 0 aliphatic heterocycles. The van der Waals surface area contributed by atoms with Crippen molar-refractivity contribution in [3.05, 3.63) is 35.9 Å². The summed E-state index contributed by atoms with van der Waals surface area (Å²) >= 11 is 5.48. The molecule has 0 aliphatic carbocycles. The minimum atomic E-state index is -0.256. The maximum atomic E-state index is 8.59. The first kappa shape index (κ1) is 9.54. The average molecular weight is 199 g/mol. The minimum Gasteiger partial charge on any atom is -0.410 e. The zero-order valence-corrected chi connectivity index (χ0v) is 7.31. The summed E-state index contributed by atoms with van der Waals surface area (Å²) in [6.07, 6.45) is 0. The molecule has 0 atom stereocenters. The summed E-state index contributed by atoms with van der Waals surface area (Å²) < 4.78 is 0. The second-order valence-corrected chi connectivity index (χ2v) is 2.56. The van der Waals surface area contributed by atoms with Crippen LogP contribution in [-0.4, -0.2) is 21.3 Å². The molecule has 4 nitrogen and oxygen atoms in total. The Balaban J connectivity index is 3.07. The standard InChI is InChI=1S/C8H7ClN2O2/c9-8(11-13)7(10-12)6-4-2-1-3-5-6/h1-5,12-13H/b10-7+,11-8+. The quantitative estimate of drug-likeness (QED) is 0.433. The van der Waals surface area contributed by atoms with Crippen LogP contribution in [0.3, 0.4) is 0 Å². The first-order valence-corrected chi connectivity index (χ1v) is 3.82. The van der Waals surface area contributed by atoms with Crippen LogP contribution in [0.15, 0.2) is 40.6 Å². The molecule has 13 heavy (non-hydrogen) atoms. The van der Waals surface area contributed by atoms with Gasteiger partial charge in [0.25, 0.3) is 0 Å².